The first-order chi connectivity index (χ1) is 14.5. The number of urea groups is 1. The Morgan fingerprint density at radius 3 is 2.50 bits per heavy atom. The van der Waals surface area contributed by atoms with Crippen LogP contribution in [0.2, 0.25) is 5.02 Å². The van der Waals surface area contributed by atoms with Crippen molar-refractivity contribution in [1.82, 2.24) is 24.9 Å². The zero-order valence-electron chi connectivity index (χ0n) is 17.6. The van der Waals surface area contributed by atoms with E-state index in [-0.39, 0.29) is 11.9 Å². The third kappa shape index (κ3) is 4.11. The Hall–Kier alpha value is -2.32. The van der Waals surface area contributed by atoms with Gasteiger partial charge in [-0.1, -0.05) is 37.1 Å². The van der Waals surface area contributed by atoms with Gasteiger partial charge in [0.25, 0.3) is 5.91 Å². The van der Waals surface area contributed by atoms with Crippen molar-refractivity contribution in [2.45, 2.75) is 38.5 Å². The third-order valence-corrected chi connectivity index (χ3v) is 6.32. The van der Waals surface area contributed by atoms with Crippen molar-refractivity contribution in [3.63, 3.8) is 0 Å². The van der Waals surface area contributed by atoms with Gasteiger partial charge >= 0.3 is 6.03 Å². The normalized spacial score (nSPS) is 24.8. The topological polar surface area (TPSA) is 71.5 Å². The van der Waals surface area contributed by atoms with E-state index >= 15 is 0 Å². The summed E-state index contributed by atoms with van der Waals surface area (Å²) < 4.78 is 0. The third-order valence-electron chi connectivity index (χ3n) is 6.07. The number of likely N-dealkylation sites (N-methyl/N-ethyl adjacent to an activating group) is 1. The SMILES string of the molecule is CCCCN1C(N2CCN(Cc3ccc(Cl)cc3)CC2)=NC2C1C(=O)NC(=O)N2C. The molecule has 0 aliphatic carbocycles. The van der Waals surface area contributed by atoms with Gasteiger partial charge in [0, 0.05) is 51.3 Å². The lowest BCUT2D eigenvalue weighted by molar-refractivity contribution is -0.127. The van der Waals surface area contributed by atoms with Gasteiger partial charge in [0.05, 0.1) is 0 Å². The molecule has 2 fully saturated rings. The summed E-state index contributed by atoms with van der Waals surface area (Å²) in [4.78, 5) is 37.8. The number of carbonyl (C=O) groups excluding carboxylic acids is 2. The molecule has 2 saturated heterocycles. The van der Waals surface area contributed by atoms with Gasteiger partial charge in [0.15, 0.2) is 18.2 Å². The molecule has 2 atom stereocenters. The molecule has 4 rings (SSSR count). The van der Waals surface area contributed by atoms with Crippen LogP contribution >= 0.6 is 11.6 Å². The van der Waals surface area contributed by atoms with E-state index in [2.05, 4.69) is 39.1 Å². The summed E-state index contributed by atoms with van der Waals surface area (Å²) in [5.41, 5.74) is 1.25. The van der Waals surface area contributed by atoms with E-state index < -0.39 is 12.2 Å². The predicted octanol–water partition coefficient (Wildman–Crippen LogP) is 1.81. The van der Waals surface area contributed by atoms with Crippen molar-refractivity contribution < 1.29 is 9.59 Å². The number of nitrogens with one attached hydrogen (secondary N) is 1. The average molecular weight is 433 g/mol. The van der Waals surface area contributed by atoms with E-state index in [1.165, 1.54) is 10.5 Å². The molecular weight excluding hydrogens is 404 g/mol. The van der Waals surface area contributed by atoms with Gasteiger partial charge in [-0.15, -0.1) is 0 Å². The smallest absolute Gasteiger partial charge is 0.325 e. The molecule has 3 amide bonds. The van der Waals surface area contributed by atoms with E-state index in [9.17, 15) is 9.59 Å². The van der Waals surface area contributed by atoms with Crippen LogP contribution in [-0.2, 0) is 11.3 Å². The van der Waals surface area contributed by atoms with Crippen LogP contribution in [0.25, 0.3) is 0 Å². The molecule has 1 aromatic rings. The lowest BCUT2D eigenvalue weighted by Gasteiger charge is -2.40. The molecule has 9 heteroatoms. The second-order valence-electron chi connectivity index (χ2n) is 8.13. The summed E-state index contributed by atoms with van der Waals surface area (Å²) in [7, 11) is 1.70. The van der Waals surface area contributed by atoms with Gasteiger partial charge in [0.1, 0.15) is 0 Å². The first-order valence-corrected chi connectivity index (χ1v) is 11.0. The molecule has 0 spiro atoms. The Bertz CT molecular complexity index is 821. The van der Waals surface area contributed by atoms with Crippen molar-refractivity contribution in [3.05, 3.63) is 34.9 Å². The van der Waals surface area contributed by atoms with E-state index in [4.69, 9.17) is 16.6 Å². The number of piperazine rings is 1. The number of imide groups is 1. The zero-order valence-corrected chi connectivity index (χ0v) is 18.3. The van der Waals surface area contributed by atoms with Crippen LogP contribution in [0, 0.1) is 0 Å². The highest BCUT2D eigenvalue weighted by Gasteiger charge is 2.49. The highest BCUT2D eigenvalue weighted by atomic mass is 35.5. The summed E-state index contributed by atoms with van der Waals surface area (Å²) in [6.45, 7) is 7.30. The minimum Gasteiger partial charge on any atom is -0.340 e. The van der Waals surface area contributed by atoms with Gasteiger partial charge in [-0.2, -0.15) is 0 Å². The summed E-state index contributed by atoms with van der Waals surface area (Å²) >= 11 is 5.99. The number of guanidine groups is 1. The zero-order chi connectivity index (χ0) is 21.3. The number of aliphatic imine (C=N–C) groups is 1. The van der Waals surface area contributed by atoms with E-state index in [0.717, 1.165) is 63.1 Å². The summed E-state index contributed by atoms with van der Waals surface area (Å²) in [5, 5.41) is 3.22. The van der Waals surface area contributed by atoms with Crippen LogP contribution in [-0.4, -0.2) is 89.5 Å². The lowest BCUT2D eigenvalue weighted by Crippen LogP contribution is -2.64. The number of benzene rings is 1. The molecule has 30 heavy (non-hydrogen) atoms. The average Bonchev–Trinajstić information content (AvgIpc) is 3.13. The van der Waals surface area contributed by atoms with Gasteiger partial charge in [-0.25, -0.2) is 9.79 Å². The molecule has 0 saturated carbocycles. The number of amides is 3. The molecule has 0 aromatic heterocycles. The van der Waals surface area contributed by atoms with Crippen molar-refractivity contribution in [2.75, 3.05) is 39.8 Å². The highest BCUT2D eigenvalue weighted by Crippen LogP contribution is 2.26. The van der Waals surface area contributed by atoms with Gasteiger partial charge in [-0.05, 0) is 24.1 Å². The molecule has 1 N–H and O–H groups in total. The number of carbonyl (C=O) groups is 2. The fourth-order valence-electron chi connectivity index (χ4n) is 4.30. The van der Waals surface area contributed by atoms with Crippen LogP contribution in [0.15, 0.2) is 29.3 Å². The van der Waals surface area contributed by atoms with Gasteiger partial charge < -0.3 is 14.7 Å². The first kappa shape index (κ1) is 20.9. The molecule has 8 nitrogen and oxygen atoms in total. The van der Waals surface area contributed by atoms with Crippen molar-refractivity contribution in [3.8, 4) is 0 Å². The number of hydrogen-bond acceptors (Lipinski definition) is 6. The molecular formula is C21H29ClN6O2. The number of rotatable bonds is 5. The van der Waals surface area contributed by atoms with Crippen LogP contribution < -0.4 is 5.32 Å². The van der Waals surface area contributed by atoms with Crippen molar-refractivity contribution in [2.24, 2.45) is 4.99 Å². The maximum Gasteiger partial charge on any atom is 0.325 e. The molecule has 0 bridgehead atoms. The van der Waals surface area contributed by atoms with E-state index in [1.54, 1.807) is 7.05 Å². The highest BCUT2D eigenvalue weighted by molar-refractivity contribution is 6.30. The standard InChI is InChI=1S/C21H29ClN6O2/c1-3-4-9-28-17-18(25(2)21(30)24-19(17)29)23-20(28)27-12-10-26(11-13-27)14-15-5-7-16(22)8-6-15/h5-8,17-18H,3-4,9-14H2,1-2H3,(H,24,29,30). The number of halogens is 1. The Labute approximate surface area is 182 Å². The van der Waals surface area contributed by atoms with Crippen molar-refractivity contribution >= 4 is 29.5 Å². The largest absolute Gasteiger partial charge is 0.340 e. The Morgan fingerprint density at radius 1 is 1.13 bits per heavy atom. The summed E-state index contributed by atoms with van der Waals surface area (Å²) in [5.74, 6) is 0.598. The number of hydrogen-bond donors (Lipinski definition) is 1. The number of nitrogens with zero attached hydrogens (tertiary/aromatic N) is 5. The van der Waals surface area contributed by atoms with E-state index in [0.29, 0.717) is 0 Å². The van der Waals surface area contributed by atoms with Crippen molar-refractivity contribution in [1.29, 1.82) is 0 Å². The van der Waals surface area contributed by atoms with Gasteiger partial charge in [-0.3, -0.25) is 15.0 Å². The molecule has 0 radical (unpaired) electrons. The minimum absolute atomic E-state index is 0.251. The predicted molar refractivity (Wildman–Crippen MR) is 116 cm³/mol. The molecule has 2 unspecified atom stereocenters. The quantitative estimate of drug-likeness (QED) is 0.768. The second-order valence-corrected chi connectivity index (χ2v) is 8.57. The van der Waals surface area contributed by atoms with E-state index in [1.807, 2.05) is 12.1 Å². The van der Waals surface area contributed by atoms with Gasteiger partial charge in [0.2, 0.25) is 0 Å². The monoisotopic (exact) mass is 432 g/mol. The van der Waals surface area contributed by atoms with Crippen LogP contribution in [0.3, 0.4) is 0 Å². The molecule has 3 aliphatic heterocycles. The maximum absolute atomic E-state index is 12.6. The molecule has 162 valence electrons. The first-order valence-electron chi connectivity index (χ1n) is 10.6. The lowest BCUT2D eigenvalue weighted by atomic mass is 10.1. The molecule has 3 heterocycles. The molecule has 3 aliphatic rings. The molecule has 1 aromatic carbocycles. The summed E-state index contributed by atoms with van der Waals surface area (Å²) in [6.07, 6.45) is 1.56. The Kier molecular flexibility index (Phi) is 6.15. The number of unbranched alkanes of at least 4 members (excludes halogenated alkanes) is 1. The number of fused-ring (bicyclic) bond motifs is 1. The van der Waals surface area contributed by atoms with Crippen LogP contribution in [0.4, 0.5) is 4.79 Å². The fraction of sp³-hybridized carbons (Fsp3) is 0.571. The second kappa shape index (κ2) is 8.81. The summed E-state index contributed by atoms with van der Waals surface area (Å²) in [6, 6.07) is 7.17. The maximum atomic E-state index is 12.6. The minimum atomic E-state index is -0.454. The van der Waals surface area contributed by atoms with Crippen LogP contribution in [0.5, 0.6) is 0 Å². The fourth-order valence-corrected chi connectivity index (χ4v) is 4.42. The van der Waals surface area contributed by atoms with Crippen LogP contribution in [0.1, 0.15) is 25.3 Å². The Balaban J connectivity index is 1.44. The Morgan fingerprint density at radius 2 is 1.83 bits per heavy atom.